The van der Waals surface area contributed by atoms with Crippen molar-refractivity contribution in [1.29, 1.82) is 0 Å². The van der Waals surface area contributed by atoms with Gasteiger partial charge in [-0.3, -0.25) is 9.69 Å². The summed E-state index contributed by atoms with van der Waals surface area (Å²) in [6.07, 6.45) is 2.96. The number of methoxy groups -OCH3 is 1. The average molecular weight is 488 g/mol. The third-order valence-corrected chi connectivity index (χ3v) is 8.30. The van der Waals surface area contributed by atoms with Gasteiger partial charge in [0.15, 0.2) is 0 Å². The van der Waals surface area contributed by atoms with E-state index >= 15 is 4.39 Å². The summed E-state index contributed by atoms with van der Waals surface area (Å²) in [5, 5.41) is 0.644. The Labute approximate surface area is 207 Å². The number of thiazole rings is 1. The van der Waals surface area contributed by atoms with Gasteiger partial charge >= 0.3 is 5.97 Å². The molecular formula is C28H26FN3O2S. The Balaban J connectivity index is 1.22. The fourth-order valence-electron chi connectivity index (χ4n) is 5.20. The first-order chi connectivity index (χ1) is 17.1. The second kappa shape index (κ2) is 8.81. The van der Waals surface area contributed by atoms with Gasteiger partial charge in [-0.15, -0.1) is 0 Å². The first-order valence-electron chi connectivity index (χ1n) is 12.0. The summed E-state index contributed by atoms with van der Waals surface area (Å²) in [4.78, 5) is 24.4. The van der Waals surface area contributed by atoms with Crippen LogP contribution in [0.25, 0.3) is 20.9 Å². The van der Waals surface area contributed by atoms with E-state index in [1.165, 1.54) is 24.0 Å². The molecule has 178 valence electrons. The number of carbonyl (C=O) groups excluding carboxylic acids is 1. The molecule has 7 heteroatoms. The summed E-state index contributed by atoms with van der Waals surface area (Å²) >= 11 is 1.44. The molecule has 0 N–H and O–H groups in total. The number of benzene rings is 2. The Morgan fingerprint density at radius 1 is 1.14 bits per heavy atom. The van der Waals surface area contributed by atoms with Gasteiger partial charge in [-0.1, -0.05) is 47.7 Å². The minimum atomic E-state index is -0.284. The van der Waals surface area contributed by atoms with Crippen molar-refractivity contribution in [1.82, 2.24) is 14.9 Å². The van der Waals surface area contributed by atoms with Gasteiger partial charge < -0.3 is 4.74 Å². The van der Waals surface area contributed by atoms with E-state index in [1.807, 2.05) is 24.3 Å². The maximum absolute atomic E-state index is 15.2. The Hall–Kier alpha value is -3.16. The molecule has 35 heavy (non-hydrogen) atoms. The van der Waals surface area contributed by atoms with E-state index in [4.69, 9.17) is 9.72 Å². The topological polar surface area (TPSA) is 55.3 Å². The minimum Gasteiger partial charge on any atom is -0.469 e. The maximum atomic E-state index is 15.2. The first-order valence-corrected chi connectivity index (χ1v) is 12.8. The molecule has 6 rings (SSSR count). The number of hydrogen-bond acceptors (Lipinski definition) is 6. The van der Waals surface area contributed by atoms with Crippen LogP contribution in [0.2, 0.25) is 0 Å². The Morgan fingerprint density at radius 2 is 1.97 bits per heavy atom. The van der Waals surface area contributed by atoms with E-state index in [-0.39, 0.29) is 23.1 Å². The molecule has 0 amide bonds. The second-order valence-electron chi connectivity index (χ2n) is 9.55. The Morgan fingerprint density at radius 3 is 2.71 bits per heavy atom. The summed E-state index contributed by atoms with van der Waals surface area (Å²) < 4.78 is 20.0. The Bertz CT molecular complexity index is 1400. The van der Waals surface area contributed by atoms with Crippen molar-refractivity contribution in [3.8, 4) is 10.6 Å². The number of likely N-dealkylation sites (tertiary alicyclic amines) is 1. The van der Waals surface area contributed by atoms with Crippen LogP contribution in [-0.2, 0) is 21.5 Å². The molecule has 0 bridgehead atoms. The number of halogens is 1. The highest BCUT2D eigenvalue weighted by Gasteiger charge is 2.47. The van der Waals surface area contributed by atoms with Gasteiger partial charge in [0, 0.05) is 24.1 Å². The number of pyridine rings is 1. The minimum absolute atomic E-state index is 0.00501. The molecular weight excluding hydrogens is 461 g/mol. The molecule has 4 aromatic rings. The lowest BCUT2D eigenvalue weighted by molar-refractivity contribution is -0.144. The number of aromatic nitrogens is 2. The zero-order chi connectivity index (χ0) is 24.0. The number of ether oxygens (including phenoxy) is 1. The van der Waals surface area contributed by atoms with Gasteiger partial charge in [-0.05, 0) is 61.2 Å². The zero-order valence-corrected chi connectivity index (χ0v) is 20.4. The van der Waals surface area contributed by atoms with Crippen LogP contribution in [0.3, 0.4) is 0 Å². The molecule has 1 aliphatic heterocycles. The molecule has 1 unspecified atom stereocenters. The molecule has 2 aromatic heterocycles. The molecule has 1 atom stereocenters. The molecule has 0 radical (unpaired) electrons. The lowest BCUT2D eigenvalue weighted by Crippen LogP contribution is -2.23. The van der Waals surface area contributed by atoms with E-state index in [2.05, 4.69) is 40.2 Å². The van der Waals surface area contributed by atoms with E-state index < -0.39 is 0 Å². The van der Waals surface area contributed by atoms with Crippen molar-refractivity contribution in [3.05, 3.63) is 83.3 Å². The lowest BCUT2D eigenvalue weighted by atomic mass is 9.92. The SMILES string of the molecule is COC(=O)C1CCN(Cc2ccc(-c3nc4ccc(C5(c6ccccc6)CC5)nc4s3)c(F)c2)C1. The number of hydrogen-bond donors (Lipinski definition) is 0. The number of esters is 1. The van der Waals surface area contributed by atoms with Crippen LogP contribution in [0.5, 0.6) is 0 Å². The summed E-state index contributed by atoms with van der Waals surface area (Å²) in [5.41, 5.74) is 4.54. The molecule has 3 heterocycles. The predicted octanol–water partition coefficient (Wildman–Crippen LogP) is 5.57. The molecule has 1 saturated heterocycles. The molecule has 1 saturated carbocycles. The predicted molar refractivity (Wildman–Crippen MR) is 135 cm³/mol. The third-order valence-electron chi connectivity index (χ3n) is 7.30. The highest BCUT2D eigenvalue weighted by molar-refractivity contribution is 7.21. The summed E-state index contributed by atoms with van der Waals surface area (Å²) in [7, 11) is 1.42. The van der Waals surface area contributed by atoms with Crippen LogP contribution in [-0.4, -0.2) is 41.0 Å². The highest BCUT2D eigenvalue weighted by atomic mass is 32.1. The van der Waals surface area contributed by atoms with Crippen molar-refractivity contribution in [2.24, 2.45) is 5.92 Å². The van der Waals surface area contributed by atoms with Gasteiger partial charge in [-0.25, -0.2) is 14.4 Å². The third kappa shape index (κ3) is 4.13. The maximum Gasteiger partial charge on any atom is 0.310 e. The van der Waals surface area contributed by atoms with Gasteiger partial charge in [0.2, 0.25) is 0 Å². The van der Waals surface area contributed by atoms with Crippen molar-refractivity contribution in [2.75, 3.05) is 20.2 Å². The van der Waals surface area contributed by atoms with Gasteiger partial charge in [0.05, 0.1) is 18.7 Å². The normalized spacial score (nSPS) is 19.2. The number of rotatable bonds is 6. The average Bonchev–Trinajstić information content (AvgIpc) is 3.38. The van der Waals surface area contributed by atoms with Crippen molar-refractivity contribution in [2.45, 2.75) is 31.2 Å². The number of nitrogens with zero attached hydrogens (tertiary/aromatic N) is 3. The molecule has 2 fully saturated rings. The lowest BCUT2D eigenvalue weighted by Gasteiger charge is -2.16. The quantitative estimate of drug-likeness (QED) is 0.333. The van der Waals surface area contributed by atoms with Crippen LogP contribution in [0, 0.1) is 11.7 Å². The molecule has 2 aliphatic rings. The molecule has 5 nitrogen and oxygen atoms in total. The van der Waals surface area contributed by atoms with Gasteiger partial charge in [0.1, 0.15) is 21.2 Å². The van der Waals surface area contributed by atoms with Crippen molar-refractivity contribution < 1.29 is 13.9 Å². The second-order valence-corrected chi connectivity index (χ2v) is 10.5. The monoisotopic (exact) mass is 487 g/mol. The van der Waals surface area contributed by atoms with Crippen LogP contribution < -0.4 is 0 Å². The summed E-state index contributed by atoms with van der Waals surface area (Å²) in [6.45, 7) is 2.06. The van der Waals surface area contributed by atoms with Gasteiger partial charge in [0.25, 0.3) is 0 Å². The largest absolute Gasteiger partial charge is 0.469 e. The smallest absolute Gasteiger partial charge is 0.310 e. The van der Waals surface area contributed by atoms with Gasteiger partial charge in [-0.2, -0.15) is 0 Å². The van der Waals surface area contributed by atoms with E-state index in [9.17, 15) is 4.79 Å². The van der Waals surface area contributed by atoms with E-state index in [0.717, 1.165) is 47.4 Å². The van der Waals surface area contributed by atoms with Crippen LogP contribution in [0.4, 0.5) is 4.39 Å². The van der Waals surface area contributed by atoms with Crippen LogP contribution in [0.15, 0.2) is 60.7 Å². The standard InChI is InChI=1S/C28H26FN3O2S/c1-34-27(33)19-11-14-32(17-19)16-18-7-8-21(22(29)15-18)25-30-23-9-10-24(31-26(23)35-25)28(12-13-28)20-5-3-2-4-6-20/h2-10,15,19H,11-14,16-17H2,1H3. The summed E-state index contributed by atoms with van der Waals surface area (Å²) in [6, 6.07) is 20.0. The van der Waals surface area contributed by atoms with Crippen molar-refractivity contribution >= 4 is 27.7 Å². The molecule has 1 aliphatic carbocycles. The van der Waals surface area contributed by atoms with Crippen LogP contribution >= 0.6 is 11.3 Å². The Kier molecular flexibility index (Phi) is 5.61. The van der Waals surface area contributed by atoms with Crippen LogP contribution in [0.1, 0.15) is 36.1 Å². The van der Waals surface area contributed by atoms with Crippen molar-refractivity contribution in [3.63, 3.8) is 0 Å². The number of fused-ring (bicyclic) bond motifs is 1. The fourth-order valence-corrected chi connectivity index (χ4v) is 6.16. The highest BCUT2D eigenvalue weighted by Crippen LogP contribution is 2.53. The summed E-state index contributed by atoms with van der Waals surface area (Å²) in [5.74, 6) is -0.549. The number of carbonyl (C=O) groups is 1. The van der Waals surface area contributed by atoms with E-state index in [0.29, 0.717) is 23.7 Å². The molecule has 2 aromatic carbocycles. The first kappa shape index (κ1) is 22.3. The zero-order valence-electron chi connectivity index (χ0n) is 19.5. The van der Waals surface area contributed by atoms with E-state index in [1.54, 1.807) is 6.07 Å². The fraction of sp³-hybridized carbons (Fsp3) is 0.321. The molecule has 0 spiro atoms.